The summed E-state index contributed by atoms with van der Waals surface area (Å²) in [4.78, 5) is 4.21. The molecule has 3 heterocycles. The lowest BCUT2D eigenvalue weighted by Gasteiger charge is -2.32. The first-order valence-corrected chi connectivity index (χ1v) is 8.31. The zero-order valence-corrected chi connectivity index (χ0v) is 14.0. The molecule has 1 fully saturated rings. The predicted octanol–water partition coefficient (Wildman–Crippen LogP) is 3.75. The van der Waals surface area contributed by atoms with Gasteiger partial charge in [-0.3, -0.25) is 4.98 Å². The minimum absolute atomic E-state index is 0.308. The largest absolute Gasteiger partial charge is 0.494 e. The van der Waals surface area contributed by atoms with Crippen LogP contribution in [0.25, 0.3) is 20.2 Å². The van der Waals surface area contributed by atoms with Gasteiger partial charge in [-0.25, -0.2) is 0 Å². The Balaban J connectivity index is 1.79. The number of rotatable bonds is 1. The van der Waals surface area contributed by atoms with Crippen LogP contribution in [0.15, 0.2) is 36.7 Å². The molecule has 22 heavy (non-hydrogen) atoms. The molecule has 0 bridgehead atoms. The second-order valence-electron chi connectivity index (χ2n) is 6.82. The Kier molecular flexibility index (Phi) is 2.93. The summed E-state index contributed by atoms with van der Waals surface area (Å²) in [5.74, 6) is 0. The standard InChI is InChI=1S/C17H18BNO2S/c1-16(2)17(3,4)21-18(20-16)11-5-6-12-13-7-8-19-10-15(13)22-14(12)9-11/h5-10H,1-4H3. The molecule has 2 aromatic heterocycles. The van der Waals surface area contributed by atoms with Crippen LogP contribution in [-0.4, -0.2) is 23.3 Å². The average Bonchev–Trinajstić information content (AvgIpc) is 2.93. The van der Waals surface area contributed by atoms with Crippen molar-refractivity contribution in [3.05, 3.63) is 36.7 Å². The number of hydrogen-bond donors (Lipinski definition) is 0. The molecule has 1 saturated heterocycles. The lowest BCUT2D eigenvalue weighted by Crippen LogP contribution is -2.41. The Hall–Kier alpha value is -1.43. The van der Waals surface area contributed by atoms with E-state index in [9.17, 15) is 0 Å². The second-order valence-corrected chi connectivity index (χ2v) is 7.90. The van der Waals surface area contributed by atoms with Crippen LogP contribution in [0.4, 0.5) is 0 Å². The van der Waals surface area contributed by atoms with Gasteiger partial charge in [-0.05, 0) is 45.3 Å². The molecule has 0 spiro atoms. The molecule has 1 aliphatic rings. The summed E-state index contributed by atoms with van der Waals surface area (Å²) < 4.78 is 14.7. The van der Waals surface area contributed by atoms with Crippen LogP contribution in [0, 0.1) is 0 Å². The van der Waals surface area contributed by atoms with Gasteiger partial charge in [-0.1, -0.05) is 12.1 Å². The van der Waals surface area contributed by atoms with Crippen LogP contribution in [-0.2, 0) is 9.31 Å². The van der Waals surface area contributed by atoms with Crippen molar-refractivity contribution >= 4 is 44.1 Å². The van der Waals surface area contributed by atoms with Crippen LogP contribution in [0.5, 0.6) is 0 Å². The molecular formula is C17H18BNO2S. The highest BCUT2D eigenvalue weighted by atomic mass is 32.1. The smallest absolute Gasteiger partial charge is 0.399 e. The van der Waals surface area contributed by atoms with Crippen molar-refractivity contribution in [2.24, 2.45) is 0 Å². The van der Waals surface area contributed by atoms with Gasteiger partial charge in [0.25, 0.3) is 0 Å². The van der Waals surface area contributed by atoms with E-state index in [1.54, 1.807) is 11.3 Å². The van der Waals surface area contributed by atoms with Gasteiger partial charge in [0.1, 0.15) is 0 Å². The van der Waals surface area contributed by atoms with Gasteiger partial charge in [0.2, 0.25) is 0 Å². The van der Waals surface area contributed by atoms with Crippen LogP contribution in [0.2, 0.25) is 0 Å². The Morgan fingerprint density at radius 3 is 2.36 bits per heavy atom. The molecule has 4 rings (SSSR count). The van der Waals surface area contributed by atoms with E-state index in [1.807, 2.05) is 12.4 Å². The molecular weight excluding hydrogens is 293 g/mol. The molecule has 0 atom stereocenters. The molecule has 0 radical (unpaired) electrons. The molecule has 0 saturated carbocycles. The van der Waals surface area contributed by atoms with E-state index in [1.165, 1.54) is 20.2 Å². The van der Waals surface area contributed by atoms with Gasteiger partial charge in [-0.2, -0.15) is 0 Å². The summed E-state index contributed by atoms with van der Waals surface area (Å²) >= 11 is 1.76. The molecule has 0 aliphatic carbocycles. The SMILES string of the molecule is CC1(C)OB(c2ccc3c(c2)sc2cnccc23)OC1(C)C. The van der Waals surface area contributed by atoms with E-state index in [4.69, 9.17) is 9.31 Å². The highest BCUT2D eigenvalue weighted by Crippen LogP contribution is 2.37. The highest BCUT2D eigenvalue weighted by molar-refractivity contribution is 7.25. The maximum atomic E-state index is 6.14. The Bertz CT molecular complexity index is 855. The van der Waals surface area contributed by atoms with Gasteiger partial charge < -0.3 is 9.31 Å². The van der Waals surface area contributed by atoms with Crippen LogP contribution in [0.3, 0.4) is 0 Å². The van der Waals surface area contributed by atoms with E-state index in [0.29, 0.717) is 0 Å². The zero-order valence-electron chi connectivity index (χ0n) is 13.2. The number of nitrogens with zero attached hydrogens (tertiary/aromatic N) is 1. The number of pyridine rings is 1. The lowest BCUT2D eigenvalue weighted by atomic mass is 9.79. The van der Waals surface area contributed by atoms with Gasteiger partial charge in [0.05, 0.1) is 15.9 Å². The monoisotopic (exact) mass is 311 g/mol. The van der Waals surface area contributed by atoms with E-state index >= 15 is 0 Å². The van der Waals surface area contributed by atoms with Gasteiger partial charge >= 0.3 is 7.12 Å². The zero-order chi connectivity index (χ0) is 15.5. The van der Waals surface area contributed by atoms with Crippen molar-refractivity contribution in [3.63, 3.8) is 0 Å². The third-order valence-electron chi connectivity index (χ3n) is 4.83. The van der Waals surface area contributed by atoms with E-state index in [-0.39, 0.29) is 18.3 Å². The van der Waals surface area contributed by atoms with Crippen LogP contribution in [0.1, 0.15) is 27.7 Å². The summed E-state index contributed by atoms with van der Waals surface area (Å²) in [6.45, 7) is 8.32. The Labute approximate surface area is 134 Å². The summed E-state index contributed by atoms with van der Waals surface area (Å²) in [5, 5.41) is 2.53. The quantitative estimate of drug-likeness (QED) is 0.641. The fourth-order valence-corrected chi connectivity index (χ4v) is 3.90. The first kappa shape index (κ1) is 14.2. The molecule has 112 valence electrons. The normalized spacial score (nSPS) is 20.1. The first-order chi connectivity index (χ1) is 10.4. The topological polar surface area (TPSA) is 31.4 Å². The first-order valence-electron chi connectivity index (χ1n) is 7.49. The number of thiophene rings is 1. The number of fused-ring (bicyclic) bond motifs is 3. The van der Waals surface area contributed by atoms with Gasteiger partial charge in [-0.15, -0.1) is 11.3 Å². The van der Waals surface area contributed by atoms with Gasteiger partial charge in [0.15, 0.2) is 0 Å². The minimum atomic E-state index is -0.309. The Morgan fingerprint density at radius 1 is 0.955 bits per heavy atom. The molecule has 1 aromatic carbocycles. The van der Waals surface area contributed by atoms with Crippen LogP contribution >= 0.6 is 11.3 Å². The van der Waals surface area contributed by atoms with Crippen molar-refractivity contribution < 1.29 is 9.31 Å². The average molecular weight is 311 g/mol. The molecule has 0 N–H and O–H groups in total. The molecule has 5 heteroatoms. The van der Waals surface area contributed by atoms with E-state index in [2.05, 4.69) is 56.9 Å². The van der Waals surface area contributed by atoms with Crippen molar-refractivity contribution in [2.45, 2.75) is 38.9 Å². The summed E-state index contributed by atoms with van der Waals surface area (Å²) in [5.41, 5.74) is 0.457. The maximum Gasteiger partial charge on any atom is 0.494 e. The minimum Gasteiger partial charge on any atom is -0.399 e. The summed E-state index contributed by atoms with van der Waals surface area (Å²) in [6.07, 6.45) is 3.77. The predicted molar refractivity (Wildman–Crippen MR) is 92.8 cm³/mol. The number of hydrogen-bond acceptors (Lipinski definition) is 4. The fraction of sp³-hybridized carbons (Fsp3) is 0.353. The van der Waals surface area contributed by atoms with Crippen LogP contribution < -0.4 is 5.46 Å². The van der Waals surface area contributed by atoms with Crippen molar-refractivity contribution in [1.29, 1.82) is 0 Å². The van der Waals surface area contributed by atoms with E-state index < -0.39 is 0 Å². The molecule has 0 unspecified atom stereocenters. The van der Waals surface area contributed by atoms with Crippen molar-refractivity contribution in [1.82, 2.24) is 4.98 Å². The van der Waals surface area contributed by atoms with E-state index in [0.717, 1.165) is 5.46 Å². The number of benzene rings is 1. The second kappa shape index (κ2) is 4.54. The van der Waals surface area contributed by atoms with Crippen molar-refractivity contribution in [3.8, 4) is 0 Å². The Morgan fingerprint density at radius 2 is 1.64 bits per heavy atom. The third kappa shape index (κ3) is 2.00. The molecule has 3 nitrogen and oxygen atoms in total. The third-order valence-corrected chi connectivity index (χ3v) is 5.93. The summed E-state index contributed by atoms with van der Waals surface area (Å²) in [6, 6.07) is 8.52. The fourth-order valence-electron chi connectivity index (χ4n) is 2.77. The molecule has 3 aromatic rings. The maximum absolute atomic E-state index is 6.14. The summed E-state index contributed by atoms with van der Waals surface area (Å²) in [7, 11) is -0.308. The number of aromatic nitrogens is 1. The molecule has 1 aliphatic heterocycles. The highest BCUT2D eigenvalue weighted by Gasteiger charge is 2.51. The molecule has 0 amide bonds. The van der Waals surface area contributed by atoms with Gasteiger partial charge in [0, 0.05) is 27.9 Å². The van der Waals surface area contributed by atoms with Crippen molar-refractivity contribution in [2.75, 3.05) is 0 Å². The lowest BCUT2D eigenvalue weighted by molar-refractivity contribution is 0.00578.